The summed E-state index contributed by atoms with van der Waals surface area (Å²) in [6.45, 7) is 1.31. The van der Waals surface area contributed by atoms with Crippen LogP contribution >= 0.6 is 11.6 Å². The van der Waals surface area contributed by atoms with Crippen molar-refractivity contribution in [2.45, 2.75) is 12.5 Å². The molecule has 116 valence electrons. The third-order valence-corrected chi connectivity index (χ3v) is 3.15. The Morgan fingerprint density at radius 1 is 1.33 bits per heavy atom. The molecule has 0 radical (unpaired) electrons. The van der Waals surface area contributed by atoms with E-state index in [0.29, 0.717) is 17.1 Å². The number of carboxylic acids is 1. The highest BCUT2D eigenvalue weighted by Crippen LogP contribution is 2.22. The lowest BCUT2D eigenvalue weighted by Crippen LogP contribution is -2.41. The number of hydrogen-bond acceptors (Lipinski definition) is 3. The smallest absolute Gasteiger partial charge is 0.331 e. The lowest BCUT2D eigenvalue weighted by molar-refractivity contribution is -0.139. The van der Waals surface area contributed by atoms with Gasteiger partial charge in [0.15, 0.2) is 6.04 Å². The van der Waals surface area contributed by atoms with Crippen molar-refractivity contribution in [3.8, 4) is 0 Å². The Morgan fingerprint density at radius 2 is 2.00 bits per heavy atom. The summed E-state index contributed by atoms with van der Waals surface area (Å²) in [5, 5.41) is 14.6. The molecule has 7 heteroatoms. The largest absolute Gasteiger partial charge is 0.479 e. The molecule has 0 bridgehead atoms. The van der Waals surface area contributed by atoms with Crippen molar-refractivity contribution in [1.29, 1.82) is 0 Å². The van der Waals surface area contributed by atoms with E-state index in [1.165, 1.54) is 0 Å². The Balaban J connectivity index is 2.58. The first kappa shape index (κ1) is 17.3. The van der Waals surface area contributed by atoms with Crippen LogP contribution in [0.5, 0.6) is 0 Å². The molecule has 2 amide bonds. The monoisotopic (exact) mass is 313 g/mol. The predicted molar refractivity (Wildman–Crippen MR) is 81.5 cm³/mol. The number of benzene rings is 1. The molecule has 1 aromatic rings. The molecule has 0 saturated heterocycles. The van der Waals surface area contributed by atoms with Crippen molar-refractivity contribution in [3.63, 3.8) is 0 Å². The van der Waals surface area contributed by atoms with Crippen molar-refractivity contribution in [3.05, 3.63) is 34.9 Å². The molecule has 1 aromatic carbocycles. The van der Waals surface area contributed by atoms with Gasteiger partial charge in [-0.3, -0.25) is 0 Å². The highest BCUT2D eigenvalue weighted by molar-refractivity contribution is 6.31. The number of carbonyl (C=O) groups is 2. The van der Waals surface area contributed by atoms with Gasteiger partial charge < -0.3 is 20.6 Å². The molecule has 3 N–H and O–H groups in total. The third-order valence-electron chi connectivity index (χ3n) is 2.81. The van der Waals surface area contributed by atoms with E-state index < -0.39 is 18.0 Å². The van der Waals surface area contributed by atoms with Gasteiger partial charge in [-0.25, -0.2) is 9.59 Å². The zero-order chi connectivity index (χ0) is 15.8. The van der Waals surface area contributed by atoms with Crippen LogP contribution in [0.3, 0.4) is 0 Å². The van der Waals surface area contributed by atoms with Crippen molar-refractivity contribution < 1.29 is 14.7 Å². The molecule has 0 aromatic heterocycles. The van der Waals surface area contributed by atoms with E-state index in [4.69, 9.17) is 11.6 Å². The van der Waals surface area contributed by atoms with Crippen molar-refractivity contribution in [2.24, 2.45) is 0 Å². The Labute approximate surface area is 129 Å². The SMILES string of the molecule is CN(C)CCCNC(=O)N[C@@H](C(=O)O)c1ccccc1Cl. The van der Waals surface area contributed by atoms with Crippen LogP contribution in [0.1, 0.15) is 18.0 Å². The molecule has 0 fully saturated rings. The maximum absolute atomic E-state index is 11.7. The van der Waals surface area contributed by atoms with Gasteiger partial charge >= 0.3 is 12.0 Å². The number of aliphatic carboxylic acids is 1. The summed E-state index contributed by atoms with van der Waals surface area (Å²) in [5.41, 5.74) is 0.357. The molecular formula is C14H20ClN3O3. The van der Waals surface area contributed by atoms with E-state index in [2.05, 4.69) is 10.6 Å². The number of hydrogen-bond donors (Lipinski definition) is 3. The van der Waals surface area contributed by atoms with E-state index in [0.717, 1.165) is 13.0 Å². The third kappa shape index (κ3) is 6.01. The van der Waals surface area contributed by atoms with Crippen LogP contribution in [0.15, 0.2) is 24.3 Å². The molecule has 0 aliphatic rings. The molecule has 1 atom stereocenters. The lowest BCUT2D eigenvalue weighted by Gasteiger charge is -2.17. The Kier molecular flexibility index (Phi) is 6.98. The molecule has 0 aliphatic carbocycles. The van der Waals surface area contributed by atoms with E-state index >= 15 is 0 Å². The molecular weight excluding hydrogens is 294 g/mol. The number of nitrogens with zero attached hydrogens (tertiary/aromatic N) is 1. The van der Waals surface area contributed by atoms with Crippen molar-refractivity contribution in [2.75, 3.05) is 27.2 Å². The minimum absolute atomic E-state index is 0.304. The van der Waals surface area contributed by atoms with E-state index in [9.17, 15) is 14.7 Å². The number of rotatable bonds is 7. The maximum atomic E-state index is 11.7. The summed E-state index contributed by atoms with van der Waals surface area (Å²) in [6, 6.07) is 4.84. The lowest BCUT2D eigenvalue weighted by atomic mass is 10.1. The minimum atomic E-state index is -1.17. The van der Waals surface area contributed by atoms with Gasteiger partial charge in [0.25, 0.3) is 0 Å². The Bertz CT molecular complexity index is 494. The summed E-state index contributed by atoms with van der Waals surface area (Å²) in [7, 11) is 3.88. The second-order valence-electron chi connectivity index (χ2n) is 4.85. The van der Waals surface area contributed by atoms with Crippen LogP contribution in [-0.4, -0.2) is 49.2 Å². The number of urea groups is 1. The van der Waals surface area contributed by atoms with Gasteiger partial charge in [-0.05, 0) is 33.1 Å². The van der Waals surface area contributed by atoms with Crippen LogP contribution in [0.2, 0.25) is 5.02 Å². The highest BCUT2D eigenvalue weighted by atomic mass is 35.5. The second-order valence-corrected chi connectivity index (χ2v) is 5.26. The zero-order valence-corrected chi connectivity index (χ0v) is 12.9. The first-order valence-electron chi connectivity index (χ1n) is 6.58. The Hall–Kier alpha value is -1.79. The van der Waals surface area contributed by atoms with Gasteiger partial charge in [-0.1, -0.05) is 29.8 Å². The Morgan fingerprint density at radius 3 is 2.57 bits per heavy atom. The highest BCUT2D eigenvalue weighted by Gasteiger charge is 2.23. The quantitative estimate of drug-likeness (QED) is 0.669. The summed E-state index contributed by atoms with van der Waals surface area (Å²) in [4.78, 5) is 25.0. The fourth-order valence-electron chi connectivity index (χ4n) is 1.76. The van der Waals surface area contributed by atoms with Gasteiger partial charge in [-0.2, -0.15) is 0 Å². The summed E-state index contributed by atoms with van der Waals surface area (Å²) in [5.74, 6) is -1.16. The number of halogens is 1. The van der Waals surface area contributed by atoms with Gasteiger partial charge in [0.2, 0.25) is 0 Å². The van der Waals surface area contributed by atoms with Crippen LogP contribution < -0.4 is 10.6 Å². The average molecular weight is 314 g/mol. The second kappa shape index (κ2) is 8.49. The molecule has 0 unspecified atom stereocenters. The van der Waals surface area contributed by atoms with E-state index in [1.54, 1.807) is 24.3 Å². The molecule has 21 heavy (non-hydrogen) atoms. The van der Waals surface area contributed by atoms with Crippen LogP contribution in [0.25, 0.3) is 0 Å². The van der Waals surface area contributed by atoms with Crippen LogP contribution in [-0.2, 0) is 4.79 Å². The number of carboxylic acid groups (broad SMARTS) is 1. The minimum Gasteiger partial charge on any atom is -0.479 e. The number of carbonyl (C=O) groups excluding carboxylic acids is 1. The van der Waals surface area contributed by atoms with Gasteiger partial charge in [0, 0.05) is 17.1 Å². The van der Waals surface area contributed by atoms with Gasteiger partial charge in [-0.15, -0.1) is 0 Å². The summed E-state index contributed by atoms with van der Waals surface area (Å²) in [6.07, 6.45) is 0.782. The summed E-state index contributed by atoms with van der Waals surface area (Å²) >= 11 is 5.97. The first-order chi connectivity index (χ1) is 9.91. The molecule has 6 nitrogen and oxygen atoms in total. The molecule has 0 spiro atoms. The molecule has 0 aliphatic heterocycles. The molecule has 0 heterocycles. The standard InChI is InChI=1S/C14H20ClN3O3/c1-18(2)9-5-8-16-14(21)17-12(13(19)20)10-6-3-4-7-11(10)15/h3-4,6-7,12H,5,8-9H2,1-2H3,(H,19,20)(H2,16,17,21)/t12-/m1/s1. The average Bonchev–Trinajstić information content (AvgIpc) is 2.41. The normalized spacial score (nSPS) is 12.0. The summed E-state index contributed by atoms with van der Waals surface area (Å²) < 4.78 is 0. The van der Waals surface area contributed by atoms with E-state index in [1.807, 2.05) is 19.0 Å². The fraction of sp³-hybridized carbons (Fsp3) is 0.429. The zero-order valence-electron chi connectivity index (χ0n) is 12.1. The van der Waals surface area contributed by atoms with Crippen molar-refractivity contribution >= 4 is 23.6 Å². The van der Waals surface area contributed by atoms with Gasteiger partial charge in [0.05, 0.1) is 0 Å². The van der Waals surface area contributed by atoms with Crippen LogP contribution in [0.4, 0.5) is 4.79 Å². The number of amides is 2. The predicted octanol–water partition coefficient (Wildman–Crippen LogP) is 1.72. The first-order valence-corrected chi connectivity index (χ1v) is 6.96. The topological polar surface area (TPSA) is 81.7 Å². The fourth-order valence-corrected chi connectivity index (χ4v) is 2.01. The molecule has 0 saturated carbocycles. The van der Waals surface area contributed by atoms with Crippen molar-refractivity contribution in [1.82, 2.24) is 15.5 Å². The van der Waals surface area contributed by atoms with Gasteiger partial charge in [0.1, 0.15) is 0 Å². The number of nitrogens with one attached hydrogen (secondary N) is 2. The molecule has 1 rings (SSSR count). The maximum Gasteiger partial charge on any atom is 0.331 e. The van der Waals surface area contributed by atoms with Crippen LogP contribution in [0, 0.1) is 0 Å². The van der Waals surface area contributed by atoms with E-state index in [-0.39, 0.29) is 0 Å².